The van der Waals surface area contributed by atoms with Gasteiger partial charge in [0.25, 0.3) is 0 Å². The van der Waals surface area contributed by atoms with Crippen molar-refractivity contribution in [1.29, 1.82) is 0 Å². The lowest BCUT2D eigenvalue weighted by atomic mass is 9.93. The first-order chi connectivity index (χ1) is 16.4. The normalized spacial score (nSPS) is 13.8. The lowest BCUT2D eigenvalue weighted by Crippen LogP contribution is -2.42. The van der Waals surface area contributed by atoms with E-state index in [0.29, 0.717) is 49.0 Å². The molecular weight excluding hydrogens is 434 g/mol. The van der Waals surface area contributed by atoms with Crippen LogP contribution in [0.5, 0.6) is 17.2 Å². The Labute approximate surface area is 201 Å². The van der Waals surface area contributed by atoms with Gasteiger partial charge in [0.2, 0.25) is 11.7 Å². The number of carbonyl (C=O) groups excluding carboxylic acids is 2. The number of anilines is 1. The number of benzene rings is 2. The Balaban J connectivity index is 1.43. The van der Waals surface area contributed by atoms with Crippen molar-refractivity contribution in [3.8, 4) is 17.2 Å². The minimum Gasteiger partial charge on any atom is -0.493 e. The van der Waals surface area contributed by atoms with Gasteiger partial charge in [0.05, 0.1) is 27.0 Å². The maximum absolute atomic E-state index is 12.8. The second-order valence-corrected chi connectivity index (χ2v) is 8.56. The number of ether oxygens (including phenoxy) is 3. The van der Waals surface area contributed by atoms with Crippen molar-refractivity contribution in [3.05, 3.63) is 47.5 Å². The standard InChI is InChI=1S/C26H35N3O5/c1-18-5-7-19(8-6-18)9-12-27-24(30)15-20-10-13-29(14-11-20)26(31)28-21-16-22(32-2)25(34-4)23(17-21)33-3/h5-8,16-17,20H,9-15H2,1-4H3,(H,27,30)(H,28,31). The van der Waals surface area contributed by atoms with Crippen molar-refractivity contribution in [2.45, 2.75) is 32.6 Å². The minimum atomic E-state index is -0.185. The SMILES string of the molecule is COc1cc(NC(=O)N2CCC(CC(=O)NCCc3ccc(C)cc3)CC2)cc(OC)c1OC. The van der Waals surface area contributed by atoms with Crippen molar-refractivity contribution in [3.63, 3.8) is 0 Å². The number of aryl methyl sites for hydroxylation is 1. The molecule has 3 rings (SSSR count). The number of nitrogens with one attached hydrogen (secondary N) is 2. The molecule has 1 fully saturated rings. The molecule has 0 spiro atoms. The summed E-state index contributed by atoms with van der Waals surface area (Å²) in [6.45, 7) is 3.92. The van der Waals surface area contributed by atoms with Crippen LogP contribution < -0.4 is 24.8 Å². The molecule has 8 nitrogen and oxygen atoms in total. The molecular formula is C26H35N3O5. The Morgan fingerprint density at radius 3 is 2.15 bits per heavy atom. The maximum Gasteiger partial charge on any atom is 0.321 e. The fourth-order valence-corrected chi connectivity index (χ4v) is 4.13. The third-order valence-electron chi connectivity index (χ3n) is 6.15. The van der Waals surface area contributed by atoms with Gasteiger partial charge in [-0.1, -0.05) is 29.8 Å². The van der Waals surface area contributed by atoms with Gasteiger partial charge in [-0.2, -0.15) is 0 Å². The molecule has 34 heavy (non-hydrogen) atoms. The first-order valence-corrected chi connectivity index (χ1v) is 11.6. The van der Waals surface area contributed by atoms with E-state index in [1.165, 1.54) is 32.5 Å². The van der Waals surface area contributed by atoms with Crippen LogP contribution in [-0.4, -0.2) is 57.8 Å². The second kappa shape index (κ2) is 12.2. The summed E-state index contributed by atoms with van der Waals surface area (Å²) in [6, 6.07) is 11.6. The summed E-state index contributed by atoms with van der Waals surface area (Å²) < 4.78 is 16.0. The zero-order valence-electron chi connectivity index (χ0n) is 20.5. The molecule has 0 aromatic heterocycles. The number of hydrogen-bond donors (Lipinski definition) is 2. The first-order valence-electron chi connectivity index (χ1n) is 11.6. The minimum absolute atomic E-state index is 0.0763. The quantitative estimate of drug-likeness (QED) is 0.579. The van der Waals surface area contributed by atoms with E-state index in [1.54, 1.807) is 17.0 Å². The van der Waals surface area contributed by atoms with E-state index < -0.39 is 0 Å². The number of amides is 3. The molecule has 3 amide bonds. The molecule has 1 aliphatic heterocycles. The summed E-state index contributed by atoms with van der Waals surface area (Å²) in [6.07, 6.45) is 2.92. The smallest absolute Gasteiger partial charge is 0.321 e. The van der Waals surface area contributed by atoms with Crippen molar-refractivity contribution < 1.29 is 23.8 Å². The van der Waals surface area contributed by atoms with Gasteiger partial charge in [0.15, 0.2) is 11.5 Å². The predicted molar refractivity (Wildman–Crippen MR) is 132 cm³/mol. The largest absolute Gasteiger partial charge is 0.493 e. The molecule has 1 heterocycles. The average molecular weight is 470 g/mol. The van der Waals surface area contributed by atoms with E-state index in [0.717, 1.165) is 19.3 Å². The van der Waals surface area contributed by atoms with Crippen LogP contribution in [0.15, 0.2) is 36.4 Å². The lowest BCUT2D eigenvalue weighted by Gasteiger charge is -2.31. The fraction of sp³-hybridized carbons (Fsp3) is 0.462. The summed E-state index contributed by atoms with van der Waals surface area (Å²) in [5.41, 5.74) is 3.02. The van der Waals surface area contributed by atoms with Gasteiger partial charge in [-0.25, -0.2) is 4.79 Å². The molecule has 2 aromatic rings. The summed E-state index contributed by atoms with van der Waals surface area (Å²) in [5.74, 6) is 1.78. The third-order valence-corrected chi connectivity index (χ3v) is 6.15. The number of nitrogens with zero attached hydrogens (tertiary/aromatic N) is 1. The van der Waals surface area contributed by atoms with Gasteiger partial charge in [-0.15, -0.1) is 0 Å². The number of urea groups is 1. The number of methoxy groups -OCH3 is 3. The van der Waals surface area contributed by atoms with Gasteiger partial charge in [-0.05, 0) is 37.7 Å². The second-order valence-electron chi connectivity index (χ2n) is 8.56. The summed E-state index contributed by atoms with van der Waals surface area (Å²) in [7, 11) is 4.60. The van der Waals surface area contributed by atoms with Crippen LogP contribution >= 0.6 is 0 Å². The molecule has 1 aliphatic rings. The number of piperidine rings is 1. The van der Waals surface area contributed by atoms with Gasteiger partial charge in [0, 0.05) is 38.2 Å². The van der Waals surface area contributed by atoms with Crippen LogP contribution in [0.4, 0.5) is 10.5 Å². The molecule has 1 saturated heterocycles. The topological polar surface area (TPSA) is 89.1 Å². The van der Waals surface area contributed by atoms with E-state index in [9.17, 15) is 9.59 Å². The van der Waals surface area contributed by atoms with Gasteiger partial charge in [0.1, 0.15) is 0 Å². The number of carbonyl (C=O) groups is 2. The molecule has 2 aromatic carbocycles. The Morgan fingerprint density at radius 2 is 1.59 bits per heavy atom. The first kappa shape index (κ1) is 25.2. The van der Waals surface area contributed by atoms with Crippen molar-refractivity contribution >= 4 is 17.6 Å². The lowest BCUT2D eigenvalue weighted by molar-refractivity contribution is -0.122. The Bertz CT molecular complexity index is 944. The molecule has 0 saturated carbocycles. The number of rotatable bonds is 9. The zero-order valence-corrected chi connectivity index (χ0v) is 20.5. The average Bonchev–Trinajstić information content (AvgIpc) is 2.85. The van der Waals surface area contributed by atoms with E-state index in [-0.39, 0.29) is 17.9 Å². The van der Waals surface area contributed by atoms with Crippen LogP contribution in [0.3, 0.4) is 0 Å². The van der Waals surface area contributed by atoms with Crippen LogP contribution in [-0.2, 0) is 11.2 Å². The van der Waals surface area contributed by atoms with Crippen LogP contribution in [0.1, 0.15) is 30.4 Å². The summed E-state index contributed by atoms with van der Waals surface area (Å²) in [4.78, 5) is 26.9. The number of likely N-dealkylation sites (tertiary alicyclic amines) is 1. The van der Waals surface area contributed by atoms with Crippen molar-refractivity contribution in [1.82, 2.24) is 10.2 Å². The Hall–Kier alpha value is -3.42. The van der Waals surface area contributed by atoms with Crippen molar-refractivity contribution in [2.75, 3.05) is 46.3 Å². The van der Waals surface area contributed by atoms with Crippen molar-refractivity contribution in [2.24, 2.45) is 5.92 Å². The van der Waals surface area contributed by atoms with E-state index >= 15 is 0 Å². The third kappa shape index (κ3) is 6.79. The Kier molecular flexibility index (Phi) is 9.01. The molecule has 2 N–H and O–H groups in total. The molecule has 0 atom stereocenters. The van der Waals surface area contributed by atoms with E-state index in [1.807, 2.05) is 0 Å². The van der Waals surface area contributed by atoms with Gasteiger partial charge < -0.3 is 29.7 Å². The maximum atomic E-state index is 12.8. The fourth-order valence-electron chi connectivity index (χ4n) is 4.13. The monoisotopic (exact) mass is 469 g/mol. The molecule has 8 heteroatoms. The molecule has 0 bridgehead atoms. The molecule has 0 aliphatic carbocycles. The predicted octanol–water partition coefficient (Wildman–Crippen LogP) is 4.01. The van der Waals surface area contributed by atoms with E-state index in [4.69, 9.17) is 14.2 Å². The highest BCUT2D eigenvalue weighted by Crippen LogP contribution is 2.40. The zero-order chi connectivity index (χ0) is 24.5. The molecule has 184 valence electrons. The summed E-state index contributed by atoms with van der Waals surface area (Å²) in [5, 5.41) is 5.93. The van der Waals surface area contributed by atoms with Crippen LogP contribution in [0, 0.1) is 12.8 Å². The van der Waals surface area contributed by atoms with Crippen LogP contribution in [0.25, 0.3) is 0 Å². The highest BCUT2D eigenvalue weighted by atomic mass is 16.5. The van der Waals surface area contributed by atoms with Crippen LogP contribution in [0.2, 0.25) is 0 Å². The molecule has 0 radical (unpaired) electrons. The summed E-state index contributed by atoms with van der Waals surface area (Å²) >= 11 is 0. The molecule has 0 unspecified atom stereocenters. The highest BCUT2D eigenvalue weighted by Gasteiger charge is 2.25. The van der Waals surface area contributed by atoms with Gasteiger partial charge >= 0.3 is 6.03 Å². The number of hydrogen-bond acceptors (Lipinski definition) is 5. The Morgan fingerprint density at radius 1 is 0.971 bits per heavy atom. The van der Waals surface area contributed by atoms with Gasteiger partial charge in [-0.3, -0.25) is 4.79 Å². The highest BCUT2D eigenvalue weighted by molar-refractivity contribution is 5.90. The van der Waals surface area contributed by atoms with E-state index in [2.05, 4.69) is 41.8 Å².